The topological polar surface area (TPSA) is 127 Å². The van der Waals surface area contributed by atoms with Crippen molar-refractivity contribution in [3.63, 3.8) is 0 Å². The largest absolute Gasteiger partial charge is 0.341 e. The van der Waals surface area contributed by atoms with E-state index in [4.69, 9.17) is 5.73 Å². The van der Waals surface area contributed by atoms with E-state index in [0.717, 1.165) is 23.1 Å². The molecule has 1 aliphatic rings. The van der Waals surface area contributed by atoms with Crippen molar-refractivity contribution in [3.05, 3.63) is 57.8 Å². The number of piperidine rings is 1. The van der Waals surface area contributed by atoms with Gasteiger partial charge in [-0.1, -0.05) is 0 Å². The maximum Gasteiger partial charge on any atom is 0.280 e. The number of rotatable bonds is 4. The third-order valence-electron chi connectivity index (χ3n) is 5.35. The second-order valence-electron chi connectivity index (χ2n) is 7.67. The molecule has 0 bridgehead atoms. The molecule has 9 nitrogen and oxygen atoms in total. The van der Waals surface area contributed by atoms with E-state index in [1.165, 1.54) is 35.0 Å². The van der Waals surface area contributed by atoms with Crippen LogP contribution in [0.2, 0.25) is 0 Å². The van der Waals surface area contributed by atoms with E-state index in [1.54, 1.807) is 0 Å². The average molecular weight is 444 g/mol. The van der Waals surface area contributed by atoms with Gasteiger partial charge < -0.3 is 10.6 Å². The Hall–Kier alpha value is -3.23. The first-order valence-electron chi connectivity index (χ1n) is 9.70. The molecule has 0 aliphatic carbocycles. The van der Waals surface area contributed by atoms with Gasteiger partial charge in [0.1, 0.15) is 11.3 Å². The number of fused-ring (bicyclic) bond motifs is 1. The van der Waals surface area contributed by atoms with Crippen LogP contribution in [0.1, 0.15) is 24.0 Å². The minimum atomic E-state index is -3.75. The number of hydrogen-bond donors (Lipinski definition) is 1. The van der Waals surface area contributed by atoms with Crippen LogP contribution in [0, 0.1) is 17.1 Å². The molecule has 0 amide bonds. The molecule has 0 unspecified atom stereocenters. The van der Waals surface area contributed by atoms with Gasteiger partial charge in [0.2, 0.25) is 16.0 Å². The normalized spacial score (nSPS) is 17.1. The highest BCUT2D eigenvalue weighted by Crippen LogP contribution is 2.22. The third kappa shape index (κ3) is 3.92. The molecular formula is C20H21FN6O3S. The molecule has 1 atom stereocenters. The Kier molecular flexibility index (Phi) is 5.28. The summed E-state index contributed by atoms with van der Waals surface area (Å²) in [6, 6.07) is 7.08. The molecule has 0 saturated carbocycles. The summed E-state index contributed by atoms with van der Waals surface area (Å²) in [6.07, 6.45) is 3.93. The molecule has 162 valence electrons. The first kappa shape index (κ1) is 21.0. The van der Waals surface area contributed by atoms with Gasteiger partial charge in [-0.15, -0.1) is 0 Å². The van der Waals surface area contributed by atoms with E-state index in [1.807, 2.05) is 11.0 Å². The highest BCUT2D eigenvalue weighted by atomic mass is 32.2. The van der Waals surface area contributed by atoms with Crippen LogP contribution in [0.25, 0.3) is 11.0 Å². The molecule has 1 fully saturated rings. The van der Waals surface area contributed by atoms with Gasteiger partial charge in [0.05, 0.1) is 29.9 Å². The summed E-state index contributed by atoms with van der Waals surface area (Å²) in [4.78, 5) is 19.9. The molecule has 11 heteroatoms. The number of aromatic nitrogens is 3. The van der Waals surface area contributed by atoms with Crippen LogP contribution in [-0.4, -0.2) is 47.3 Å². The summed E-state index contributed by atoms with van der Waals surface area (Å²) in [5, 5.41) is 9.41. The number of hydrogen-bond acceptors (Lipinski definition) is 7. The Bertz CT molecular complexity index is 1370. The fraction of sp³-hybridized carbons (Fsp3) is 0.350. The molecule has 3 heterocycles. The summed E-state index contributed by atoms with van der Waals surface area (Å²) in [5.74, 6) is -0.232. The Morgan fingerprint density at radius 1 is 1.35 bits per heavy atom. The Morgan fingerprint density at radius 3 is 2.81 bits per heavy atom. The second kappa shape index (κ2) is 7.79. The van der Waals surface area contributed by atoms with Gasteiger partial charge >= 0.3 is 0 Å². The quantitative estimate of drug-likeness (QED) is 0.636. The van der Waals surface area contributed by atoms with Gasteiger partial charge in [0.25, 0.3) is 5.56 Å². The number of benzene rings is 1. The average Bonchev–Trinajstić information content (AvgIpc) is 3.15. The Labute approximate surface area is 178 Å². The standard InChI is InChI=1S/C20H21FN6O3S/c1-31(29,30)27-8-6-17-18(27)19(28)26(11-14-9-15(21)5-4-13(14)10-22)20(24-17)25-7-2-3-16(23)12-25/h4-6,8-9,16H,2-3,7,11-12,23H2,1H3/t16-/m1/s1. The molecule has 2 aromatic heterocycles. The highest BCUT2D eigenvalue weighted by Gasteiger charge is 2.25. The Balaban J connectivity index is 1.97. The number of nitriles is 1. The molecule has 1 aliphatic heterocycles. The van der Waals surface area contributed by atoms with Crippen LogP contribution in [0.3, 0.4) is 0 Å². The molecule has 4 rings (SSSR count). The van der Waals surface area contributed by atoms with E-state index < -0.39 is 21.4 Å². The van der Waals surface area contributed by atoms with E-state index in [2.05, 4.69) is 4.98 Å². The van der Waals surface area contributed by atoms with Crippen molar-refractivity contribution in [1.82, 2.24) is 13.5 Å². The first-order valence-corrected chi connectivity index (χ1v) is 11.6. The molecule has 1 saturated heterocycles. The fourth-order valence-corrected chi connectivity index (χ4v) is 4.70. The molecule has 1 aromatic carbocycles. The fourth-order valence-electron chi connectivity index (χ4n) is 3.91. The molecule has 2 N–H and O–H groups in total. The van der Waals surface area contributed by atoms with Crippen molar-refractivity contribution in [1.29, 1.82) is 5.26 Å². The van der Waals surface area contributed by atoms with Gasteiger partial charge in [-0.3, -0.25) is 9.36 Å². The van der Waals surface area contributed by atoms with Crippen LogP contribution < -0.4 is 16.2 Å². The SMILES string of the molecule is CS(=O)(=O)n1ccc2nc(N3CCC[C@@H](N)C3)n(Cc3cc(F)ccc3C#N)c(=O)c21. The monoisotopic (exact) mass is 444 g/mol. The number of nitrogens with zero attached hydrogens (tertiary/aromatic N) is 5. The van der Waals surface area contributed by atoms with Crippen molar-refractivity contribution < 1.29 is 12.8 Å². The zero-order valence-corrected chi connectivity index (χ0v) is 17.6. The molecule has 0 radical (unpaired) electrons. The lowest BCUT2D eigenvalue weighted by atomic mass is 10.1. The zero-order valence-electron chi connectivity index (χ0n) is 16.8. The van der Waals surface area contributed by atoms with Gasteiger partial charge in [0, 0.05) is 25.3 Å². The van der Waals surface area contributed by atoms with Gasteiger partial charge in [-0.25, -0.2) is 21.8 Å². The maximum absolute atomic E-state index is 13.9. The lowest BCUT2D eigenvalue weighted by Crippen LogP contribution is -2.45. The van der Waals surface area contributed by atoms with Crippen molar-refractivity contribution in [2.24, 2.45) is 5.73 Å². The molecule has 31 heavy (non-hydrogen) atoms. The van der Waals surface area contributed by atoms with Crippen LogP contribution in [0.5, 0.6) is 0 Å². The smallest absolute Gasteiger partial charge is 0.280 e. The maximum atomic E-state index is 13.9. The first-order chi connectivity index (χ1) is 14.7. The summed E-state index contributed by atoms with van der Waals surface area (Å²) in [5.41, 5.74) is 6.17. The molecular weight excluding hydrogens is 423 g/mol. The highest BCUT2D eigenvalue weighted by molar-refractivity contribution is 7.89. The minimum absolute atomic E-state index is 0.0949. The van der Waals surface area contributed by atoms with Crippen molar-refractivity contribution in [3.8, 4) is 6.07 Å². The van der Waals surface area contributed by atoms with Gasteiger partial charge in [-0.05, 0) is 42.7 Å². The van der Waals surface area contributed by atoms with Crippen molar-refractivity contribution in [2.75, 3.05) is 24.2 Å². The van der Waals surface area contributed by atoms with Crippen LogP contribution in [-0.2, 0) is 16.6 Å². The van der Waals surface area contributed by atoms with E-state index in [9.17, 15) is 22.9 Å². The number of anilines is 1. The molecule has 3 aromatic rings. The van der Waals surface area contributed by atoms with Crippen LogP contribution in [0.15, 0.2) is 35.3 Å². The van der Waals surface area contributed by atoms with Crippen molar-refractivity contribution in [2.45, 2.75) is 25.4 Å². The van der Waals surface area contributed by atoms with E-state index in [-0.39, 0.29) is 29.2 Å². The lowest BCUT2D eigenvalue weighted by molar-refractivity contribution is 0.491. The summed E-state index contributed by atoms with van der Waals surface area (Å²) in [6.45, 7) is 0.949. The summed E-state index contributed by atoms with van der Waals surface area (Å²) in [7, 11) is -3.75. The second-order valence-corrected chi connectivity index (χ2v) is 9.53. The van der Waals surface area contributed by atoms with Crippen LogP contribution in [0.4, 0.5) is 10.3 Å². The lowest BCUT2D eigenvalue weighted by Gasteiger charge is -2.33. The zero-order chi connectivity index (χ0) is 22.3. The summed E-state index contributed by atoms with van der Waals surface area (Å²) >= 11 is 0. The molecule has 0 spiro atoms. The van der Waals surface area contributed by atoms with Crippen molar-refractivity contribution >= 4 is 27.0 Å². The predicted molar refractivity (Wildman–Crippen MR) is 114 cm³/mol. The van der Waals surface area contributed by atoms with E-state index in [0.29, 0.717) is 24.6 Å². The summed E-state index contributed by atoms with van der Waals surface area (Å²) < 4.78 is 40.4. The Morgan fingerprint density at radius 2 is 2.13 bits per heavy atom. The third-order valence-corrected chi connectivity index (χ3v) is 6.37. The van der Waals surface area contributed by atoms with Gasteiger partial charge in [-0.2, -0.15) is 5.26 Å². The minimum Gasteiger partial charge on any atom is -0.341 e. The van der Waals surface area contributed by atoms with Crippen LogP contribution >= 0.6 is 0 Å². The predicted octanol–water partition coefficient (Wildman–Crippen LogP) is 0.992. The van der Waals surface area contributed by atoms with E-state index >= 15 is 0 Å². The van der Waals surface area contributed by atoms with Gasteiger partial charge in [0.15, 0.2) is 0 Å². The number of nitrogens with two attached hydrogens (primary N) is 1. The number of halogens is 1.